The summed E-state index contributed by atoms with van der Waals surface area (Å²) in [5, 5.41) is 51.4. The van der Waals surface area contributed by atoms with E-state index in [0.29, 0.717) is 31.6 Å². The lowest BCUT2D eigenvalue weighted by Gasteiger charge is -2.57. The van der Waals surface area contributed by atoms with Crippen molar-refractivity contribution in [1.82, 2.24) is 0 Å². The molecule has 6 aliphatic rings. The number of rotatable bonds is 7. The van der Waals surface area contributed by atoms with Crippen molar-refractivity contribution < 1.29 is 49.3 Å². The van der Waals surface area contributed by atoms with Gasteiger partial charge in [-0.05, 0) is 67.3 Å². The van der Waals surface area contributed by atoms with Crippen LogP contribution in [0.2, 0.25) is 0 Å². The van der Waals surface area contributed by atoms with Crippen LogP contribution in [-0.2, 0) is 23.8 Å². The van der Waals surface area contributed by atoms with Gasteiger partial charge in [-0.25, -0.2) is 0 Å². The normalized spacial score (nSPS) is 51.7. The van der Waals surface area contributed by atoms with Crippen LogP contribution in [-0.4, -0.2) is 92.9 Å². The summed E-state index contributed by atoms with van der Waals surface area (Å²) in [5.74, 6) is -0.339. The average molecular weight is 607 g/mol. The van der Waals surface area contributed by atoms with Crippen molar-refractivity contribution >= 4 is 11.6 Å². The molecule has 5 N–H and O–H groups in total. The predicted octanol–water partition coefficient (Wildman–Crippen LogP) is 1.88. The van der Waals surface area contributed by atoms with E-state index < -0.39 is 48.5 Å². The fourth-order valence-electron chi connectivity index (χ4n) is 10.2. The molecule has 43 heavy (non-hydrogen) atoms. The third kappa shape index (κ3) is 4.90. The number of aliphatic hydroxyl groups is 5. The summed E-state index contributed by atoms with van der Waals surface area (Å²) in [6, 6.07) is 0. The fourth-order valence-corrected chi connectivity index (χ4v) is 10.2. The van der Waals surface area contributed by atoms with Gasteiger partial charge in [0.05, 0.1) is 19.3 Å². The summed E-state index contributed by atoms with van der Waals surface area (Å²) in [4.78, 5) is 26.3. The molecular formula is C33H50O10. The number of carbonyl (C=O) groups is 2. The van der Waals surface area contributed by atoms with Crippen LogP contribution < -0.4 is 0 Å². The Balaban J connectivity index is 1.09. The zero-order valence-electron chi connectivity index (χ0n) is 25.9. The van der Waals surface area contributed by atoms with Gasteiger partial charge in [0.1, 0.15) is 30.2 Å². The van der Waals surface area contributed by atoms with E-state index in [4.69, 9.17) is 14.2 Å². The monoisotopic (exact) mass is 606 g/mol. The van der Waals surface area contributed by atoms with Crippen LogP contribution in [0, 0.1) is 46.3 Å². The minimum atomic E-state index is -1.50. The van der Waals surface area contributed by atoms with E-state index >= 15 is 0 Å². The summed E-state index contributed by atoms with van der Waals surface area (Å²) in [5.41, 5.74) is 0.602. The molecule has 0 unspecified atom stereocenters. The summed E-state index contributed by atoms with van der Waals surface area (Å²) in [6.45, 7) is 8.01. The zero-order valence-corrected chi connectivity index (χ0v) is 25.9. The van der Waals surface area contributed by atoms with E-state index in [9.17, 15) is 35.1 Å². The van der Waals surface area contributed by atoms with Gasteiger partial charge in [0.15, 0.2) is 17.9 Å². The molecule has 2 heterocycles. The van der Waals surface area contributed by atoms with Gasteiger partial charge < -0.3 is 39.7 Å². The first kappa shape index (κ1) is 31.7. The van der Waals surface area contributed by atoms with E-state index in [2.05, 4.69) is 13.8 Å². The number of fused-ring (bicyclic) bond motifs is 7. The van der Waals surface area contributed by atoms with Gasteiger partial charge in [0, 0.05) is 36.5 Å². The second-order valence-corrected chi connectivity index (χ2v) is 15.1. The maximum Gasteiger partial charge on any atom is 0.186 e. The van der Waals surface area contributed by atoms with Gasteiger partial charge >= 0.3 is 0 Å². The fraction of sp³-hybridized carbons (Fsp3) is 0.879. The van der Waals surface area contributed by atoms with Crippen LogP contribution in [0.3, 0.4) is 0 Å². The Bertz CT molecular complexity index is 1140. The molecule has 0 aromatic rings. The van der Waals surface area contributed by atoms with Gasteiger partial charge in [-0.3, -0.25) is 9.59 Å². The Hall–Kier alpha value is -1.24. The van der Waals surface area contributed by atoms with E-state index in [1.54, 1.807) is 0 Å². The maximum atomic E-state index is 14.1. The highest BCUT2D eigenvalue weighted by Gasteiger charge is 2.70. The minimum absolute atomic E-state index is 0.0550. The van der Waals surface area contributed by atoms with E-state index in [-0.39, 0.29) is 59.3 Å². The molecule has 6 rings (SSSR count). The SMILES string of the molecule is C[C@@H](CC[C@@]1(O)O[C@H]2C[C@H]3[C@@H]4CCC5=CC(=O)CC[C@]5(C)[C@H]4CC(=O)[C@]3(C)[C@H]2[C@@H]1C)CO[C@@H]1O[C@H](CO)[C@@H](O)[C@H](O)[C@H]1O. The van der Waals surface area contributed by atoms with Crippen molar-refractivity contribution in [2.45, 2.75) is 122 Å². The van der Waals surface area contributed by atoms with Crippen LogP contribution in [0.5, 0.6) is 0 Å². The number of aliphatic hydroxyl groups excluding tert-OH is 4. The smallest absolute Gasteiger partial charge is 0.186 e. The van der Waals surface area contributed by atoms with Crippen molar-refractivity contribution in [3.63, 3.8) is 0 Å². The molecule has 0 aromatic carbocycles. The van der Waals surface area contributed by atoms with Crippen molar-refractivity contribution in [2.24, 2.45) is 46.3 Å². The molecule has 242 valence electrons. The van der Waals surface area contributed by atoms with Gasteiger partial charge in [-0.1, -0.05) is 33.3 Å². The lowest BCUT2D eigenvalue weighted by atomic mass is 9.46. The molecule has 2 saturated heterocycles. The van der Waals surface area contributed by atoms with Crippen molar-refractivity contribution in [3.05, 3.63) is 11.6 Å². The number of hydrogen-bond acceptors (Lipinski definition) is 10. The topological polar surface area (TPSA) is 163 Å². The van der Waals surface area contributed by atoms with Gasteiger partial charge in [0.2, 0.25) is 0 Å². The molecule has 0 spiro atoms. The number of Topliss-reactive ketones (excluding diaryl/α,β-unsaturated/α-hetero) is 1. The zero-order chi connectivity index (χ0) is 31.1. The molecule has 4 aliphatic carbocycles. The Morgan fingerprint density at radius 2 is 1.84 bits per heavy atom. The lowest BCUT2D eigenvalue weighted by molar-refractivity contribution is -0.303. The van der Waals surface area contributed by atoms with Crippen molar-refractivity contribution in [3.8, 4) is 0 Å². The van der Waals surface area contributed by atoms with Crippen molar-refractivity contribution in [2.75, 3.05) is 13.2 Å². The summed E-state index contributed by atoms with van der Waals surface area (Å²) in [6.07, 6.45) is 0.584. The summed E-state index contributed by atoms with van der Waals surface area (Å²) in [7, 11) is 0. The number of ether oxygens (including phenoxy) is 3. The third-order valence-corrected chi connectivity index (χ3v) is 12.9. The number of allylic oxidation sites excluding steroid dienone is 1. The molecule has 10 heteroatoms. The highest BCUT2D eigenvalue weighted by atomic mass is 16.7. The van der Waals surface area contributed by atoms with E-state index in [1.807, 2.05) is 19.9 Å². The van der Waals surface area contributed by atoms with E-state index in [1.165, 1.54) is 5.57 Å². The lowest BCUT2D eigenvalue weighted by Crippen LogP contribution is -2.59. The predicted molar refractivity (Wildman–Crippen MR) is 153 cm³/mol. The van der Waals surface area contributed by atoms with Gasteiger partial charge in [0.25, 0.3) is 0 Å². The van der Waals surface area contributed by atoms with Crippen molar-refractivity contribution in [1.29, 1.82) is 0 Å². The summed E-state index contributed by atoms with van der Waals surface area (Å²) < 4.78 is 17.6. The molecule has 3 saturated carbocycles. The standard InChI is InChI=1S/C33H50O10/c1-16(15-41-30-29(39)28(38)27(37)24(14-34)42-30)7-10-33(40)17(2)26-23(43-33)12-22-20-6-5-18-11-19(35)8-9-31(18,3)21(20)13-25(36)32(22,26)4/h11,16-17,20-24,26-30,34,37-40H,5-10,12-15H2,1-4H3/t16-,17-,20+,21-,22-,23-,24+,26-,27+,28-,29+,30+,31-,32+,33+/m0/s1. The largest absolute Gasteiger partial charge is 0.394 e. The first-order valence-corrected chi connectivity index (χ1v) is 16.3. The van der Waals surface area contributed by atoms with Gasteiger partial charge in [-0.2, -0.15) is 0 Å². The van der Waals surface area contributed by atoms with Crippen LogP contribution in [0.25, 0.3) is 0 Å². The Labute approximate surface area is 253 Å². The van der Waals surface area contributed by atoms with Crippen LogP contribution in [0.15, 0.2) is 11.6 Å². The highest BCUT2D eigenvalue weighted by Crippen LogP contribution is 2.69. The Kier molecular flexibility index (Phi) is 8.28. The highest BCUT2D eigenvalue weighted by molar-refractivity contribution is 5.92. The average Bonchev–Trinajstić information content (AvgIpc) is 3.41. The van der Waals surface area contributed by atoms with Gasteiger partial charge in [-0.15, -0.1) is 0 Å². The first-order valence-electron chi connectivity index (χ1n) is 16.3. The Morgan fingerprint density at radius 3 is 2.56 bits per heavy atom. The molecule has 2 aliphatic heterocycles. The number of ketones is 2. The second-order valence-electron chi connectivity index (χ2n) is 15.1. The molecule has 5 fully saturated rings. The Morgan fingerprint density at radius 1 is 1.09 bits per heavy atom. The molecule has 10 nitrogen and oxygen atoms in total. The van der Waals surface area contributed by atoms with Crippen LogP contribution in [0.4, 0.5) is 0 Å². The second kappa shape index (κ2) is 11.2. The van der Waals surface area contributed by atoms with Crippen LogP contribution >= 0.6 is 0 Å². The number of carbonyl (C=O) groups excluding carboxylic acids is 2. The third-order valence-electron chi connectivity index (χ3n) is 12.9. The molecule has 0 radical (unpaired) electrons. The molecule has 0 bridgehead atoms. The van der Waals surface area contributed by atoms with E-state index in [0.717, 1.165) is 25.7 Å². The van der Waals surface area contributed by atoms with Crippen LogP contribution in [0.1, 0.15) is 79.1 Å². The molecule has 0 aromatic heterocycles. The molecule has 0 amide bonds. The minimum Gasteiger partial charge on any atom is -0.394 e. The first-order chi connectivity index (χ1) is 20.2. The maximum absolute atomic E-state index is 14.1. The number of hydrogen-bond donors (Lipinski definition) is 5. The quantitative estimate of drug-likeness (QED) is 0.289. The summed E-state index contributed by atoms with van der Waals surface area (Å²) >= 11 is 0. The molecule has 15 atom stereocenters. The molecular weight excluding hydrogens is 556 g/mol.